The number of benzene rings is 1. The quantitative estimate of drug-likeness (QED) is 0.622. The van der Waals surface area contributed by atoms with E-state index in [9.17, 15) is 0 Å². The van der Waals surface area contributed by atoms with Gasteiger partial charge in [0, 0.05) is 0 Å². The Morgan fingerprint density at radius 3 is 2.25 bits per heavy atom. The molecule has 1 atom stereocenters. The van der Waals surface area contributed by atoms with E-state index in [4.69, 9.17) is 12.2 Å². The Kier molecular flexibility index (Phi) is 2.52. The van der Waals surface area contributed by atoms with Crippen molar-refractivity contribution in [3.05, 3.63) is 34.9 Å². The molecule has 0 aromatic heterocycles. The molecular formula is C11H13N. The molecule has 0 spiro atoms. The van der Waals surface area contributed by atoms with Crippen molar-refractivity contribution in [2.75, 3.05) is 0 Å². The topological polar surface area (TPSA) is 26.0 Å². The Balaban J connectivity index is 3.23. The predicted octanol–water partition coefficient (Wildman–Crippen LogP) is 1.94. The molecule has 1 nitrogen and oxygen atoms in total. The van der Waals surface area contributed by atoms with E-state index in [1.54, 1.807) is 0 Å². The molecule has 0 saturated carbocycles. The highest BCUT2D eigenvalue weighted by atomic mass is 14.6. The van der Waals surface area contributed by atoms with Gasteiger partial charge < -0.3 is 5.73 Å². The fraction of sp³-hybridized carbons (Fsp3) is 0.273. The lowest BCUT2D eigenvalue weighted by molar-refractivity contribution is 0.919. The van der Waals surface area contributed by atoms with E-state index in [0.29, 0.717) is 0 Å². The van der Waals surface area contributed by atoms with Crippen LogP contribution in [0.2, 0.25) is 0 Å². The average molecular weight is 159 g/mol. The van der Waals surface area contributed by atoms with Gasteiger partial charge in [-0.2, -0.15) is 0 Å². The highest BCUT2D eigenvalue weighted by Crippen LogP contribution is 2.18. The second kappa shape index (κ2) is 3.42. The molecule has 1 heteroatoms. The van der Waals surface area contributed by atoms with Crippen molar-refractivity contribution >= 4 is 0 Å². The summed E-state index contributed by atoms with van der Waals surface area (Å²) < 4.78 is 0. The Bertz CT molecular complexity index is 300. The standard InChI is InChI=1S/C11H13N/c1-4-10(12)11-8(2)6-5-7-9(11)3/h1,5-7,10H,12H2,2-3H3. The Morgan fingerprint density at radius 1 is 1.33 bits per heavy atom. The minimum Gasteiger partial charge on any atom is -0.314 e. The summed E-state index contributed by atoms with van der Waals surface area (Å²) >= 11 is 0. The van der Waals surface area contributed by atoms with Crippen LogP contribution in [0, 0.1) is 26.2 Å². The van der Waals surface area contributed by atoms with E-state index in [0.717, 1.165) is 5.56 Å². The van der Waals surface area contributed by atoms with Gasteiger partial charge in [-0.3, -0.25) is 0 Å². The van der Waals surface area contributed by atoms with Crippen molar-refractivity contribution < 1.29 is 0 Å². The maximum absolute atomic E-state index is 5.76. The van der Waals surface area contributed by atoms with Crippen molar-refractivity contribution in [2.24, 2.45) is 5.73 Å². The maximum atomic E-state index is 5.76. The lowest BCUT2D eigenvalue weighted by atomic mass is 9.97. The van der Waals surface area contributed by atoms with Gasteiger partial charge in [-0.25, -0.2) is 0 Å². The third-order valence-electron chi connectivity index (χ3n) is 2.03. The largest absolute Gasteiger partial charge is 0.314 e. The van der Waals surface area contributed by atoms with E-state index < -0.39 is 0 Å². The smallest absolute Gasteiger partial charge is 0.0923 e. The molecule has 12 heavy (non-hydrogen) atoms. The number of nitrogens with two attached hydrogens (primary N) is 1. The molecule has 0 bridgehead atoms. The summed E-state index contributed by atoms with van der Waals surface area (Å²) in [4.78, 5) is 0. The number of terminal acetylenes is 1. The van der Waals surface area contributed by atoms with E-state index in [1.807, 2.05) is 32.0 Å². The average Bonchev–Trinajstić information content (AvgIpc) is 2.03. The van der Waals surface area contributed by atoms with Gasteiger partial charge in [0.2, 0.25) is 0 Å². The van der Waals surface area contributed by atoms with Crippen LogP contribution in [0.4, 0.5) is 0 Å². The fourth-order valence-electron chi connectivity index (χ4n) is 1.40. The summed E-state index contributed by atoms with van der Waals surface area (Å²) in [6.45, 7) is 4.05. The molecule has 62 valence electrons. The molecular weight excluding hydrogens is 146 g/mol. The van der Waals surface area contributed by atoms with Crippen molar-refractivity contribution in [1.82, 2.24) is 0 Å². The van der Waals surface area contributed by atoms with E-state index in [-0.39, 0.29) is 6.04 Å². The van der Waals surface area contributed by atoms with Gasteiger partial charge in [-0.1, -0.05) is 24.1 Å². The van der Waals surface area contributed by atoms with Gasteiger partial charge >= 0.3 is 0 Å². The molecule has 0 aliphatic carbocycles. The SMILES string of the molecule is C#CC(N)c1c(C)cccc1C. The Labute approximate surface area is 73.6 Å². The monoisotopic (exact) mass is 159 g/mol. The summed E-state index contributed by atoms with van der Waals surface area (Å²) in [7, 11) is 0. The molecule has 0 aliphatic heterocycles. The number of rotatable bonds is 1. The van der Waals surface area contributed by atoms with E-state index in [1.165, 1.54) is 11.1 Å². The van der Waals surface area contributed by atoms with Gasteiger partial charge in [-0.05, 0) is 30.5 Å². The molecule has 0 saturated heterocycles. The van der Waals surface area contributed by atoms with Crippen LogP contribution in [0.15, 0.2) is 18.2 Å². The second-order valence-corrected chi connectivity index (χ2v) is 2.95. The van der Waals surface area contributed by atoms with E-state index in [2.05, 4.69) is 5.92 Å². The van der Waals surface area contributed by atoms with Crippen LogP contribution in [0.1, 0.15) is 22.7 Å². The zero-order chi connectivity index (χ0) is 9.14. The fourth-order valence-corrected chi connectivity index (χ4v) is 1.40. The van der Waals surface area contributed by atoms with Crippen LogP contribution < -0.4 is 5.73 Å². The molecule has 1 aromatic carbocycles. The summed E-state index contributed by atoms with van der Waals surface area (Å²) in [5.41, 5.74) is 9.18. The van der Waals surface area contributed by atoms with E-state index >= 15 is 0 Å². The predicted molar refractivity (Wildman–Crippen MR) is 51.7 cm³/mol. The van der Waals surface area contributed by atoms with Crippen LogP contribution in [0.5, 0.6) is 0 Å². The van der Waals surface area contributed by atoms with Crippen LogP contribution >= 0.6 is 0 Å². The normalized spacial score (nSPS) is 12.2. The lowest BCUT2D eigenvalue weighted by Crippen LogP contribution is -2.10. The molecule has 1 aromatic rings. The van der Waals surface area contributed by atoms with Gasteiger partial charge in [-0.15, -0.1) is 6.42 Å². The summed E-state index contributed by atoms with van der Waals surface area (Å²) in [5, 5.41) is 0. The molecule has 1 rings (SSSR count). The highest BCUT2D eigenvalue weighted by molar-refractivity contribution is 5.39. The van der Waals surface area contributed by atoms with Gasteiger partial charge in [0.15, 0.2) is 0 Å². The molecule has 0 aliphatic rings. The minimum atomic E-state index is -0.272. The minimum absolute atomic E-state index is 0.272. The first-order chi connectivity index (χ1) is 5.66. The van der Waals surface area contributed by atoms with Crippen LogP contribution in [-0.2, 0) is 0 Å². The molecule has 0 amide bonds. The van der Waals surface area contributed by atoms with Crippen molar-refractivity contribution in [2.45, 2.75) is 19.9 Å². The highest BCUT2D eigenvalue weighted by Gasteiger charge is 2.07. The number of hydrogen-bond donors (Lipinski definition) is 1. The summed E-state index contributed by atoms with van der Waals surface area (Å²) in [6.07, 6.45) is 5.27. The van der Waals surface area contributed by atoms with Crippen molar-refractivity contribution in [3.63, 3.8) is 0 Å². The van der Waals surface area contributed by atoms with Crippen LogP contribution in [-0.4, -0.2) is 0 Å². The molecule has 0 radical (unpaired) electrons. The molecule has 0 heterocycles. The zero-order valence-electron chi connectivity index (χ0n) is 7.46. The summed E-state index contributed by atoms with van der Waals surface area (Å²) in [6, 6.07) is 5.79. The first-order valence-corrected chi connectivity index (χ1v) is 3.94. The third kappa shape index (κ3) is 1.49. The number of hydrogen-bond acceptors (Lipinski definition) is 1. The number of aryl methyl sites for hydroxylation is 2. The maximum Gasteiger partial charge on any atom is 0.0923 e. The third-order valence-corrected chi connectivity index (χ3v) is 2.03. The van der Waals surface area contributed by atoms with Crippen LogP contribution in [0.25, 0.3) is 0 Å². The Morgan fingerprint density at radius 2 is 1.83 bits per heavy atom. The zero-order valence-corrected chi connectivity index (χ0v) is 7.46. The second-order valence-electron chi connectivity index (χ2n) is 2.95. The molecule has 1 unspecified atom stereocenters. The first-order valence-electron chi connectivity index (χ1n) is 3.94. The van der Waals surface area contributed by atoms with Crippen LogP contribution in [0.3, 0.4) is 0 Å². The lowest BCUT2D eigenvalue weighted by Gasteiger charge is -2.11. The van der Waals surface area contributed by atoms with Gasteiger partial charge in [0.1, 0.15) is 0 Å². The van der Waals surface area contributed by atoms with Crippen molar-refractivity contribution in [3.8, 4) is 12.3 Å². The first kappa shape index (κ1) is 8.83. The Hall–Kier alpha value is -1.26. The molecule has 0 fully saturated rings. The van der Waals surface area contributed by atoms with Crippen molar-refractivity contribution in [1.29, 1.82) is 0 Å². The molecule has 2 N–H and O–H groups in total. The van der Waals surface area contributed by atoms with Gasteiger partial charge in [0.05, 0.1) is 6.04 Å². The van der Waals surface area contributed by atoms with Gasteiger partial charge in [0.25, 0.3) is 0 Å². The summed E-state index contributed by atoms with van der Waals surface area (Å²) in [5.74, 6) is 2.54.